The molecule has 1 atom stereocenters. The van der Waals surface area contributed by atoms with E-state index in [2.05, 4.69) is 72.7 Å². The molecule has 0 saturated carbocycles. The van der Waals surface area contributed by atoms with Gasteiger partial charge in [0.1, 0.15) is 6.10 Å². The number of hydrogen-bond donors (Lipinski definition) is 0. The van der Waals surface area contributed by atoms with E-state index in [1.165, 1.54) is 45.4 Å². The highest BCUT2D eigenvalue weighted by Gasteiger charge is 2.25. The molecule has 3 nitrogen and oxygen atoms in total. The highest BCUT2D eigenvalue weighted by Crippen LogP contribution is 2.46. The van der Waals surface area contributed by atoms with E-state index in [1.807, 2.05) is 11.8 Å². The van der Waals surface area contributed by atoms with Crippen LogP contribution in [0.3, 0.4) is 0 Å². The normalized spacial score (nSPS) is 20.8. The predicted octanol–water partition coefficient (Wildman–Crippen LogP) is 4.70. The minimum atomic E-state index is 0.372. The minimum absolute atomic E-state index is 0.372. The molecular formula is C22H27N2OS+. The molecule has 3 heterocycles. The van der Waals surface area contributed by atoms with Gasteiger partial charge in [-0.2, -0.15) is 4.57 Å². The van der Waals surface area contributed by atoms with Crippen LogP contribution in [0.25, 0.3) is 6.08 Å². The van der Waals surface area contributed by atoms with E-state index in [4.69, 9.17) is 4.74 Å². The molecule has 0 unspecified atom stereocenters. The minimum Gasteiger partial charge on any atom is -0.372 e. The molecular weight excluding hydrogens is 340 g/mol. The number of anilines is 1. The summed E-state index contributed by atoms with van der Waals surface area (Å²) < 4.78 is 8.22. The van der Waals surface area contributed by atoms with E-state index >= 15 is 0 Å². The number of aromatic nitrogens is 1. The number of thioether (sulfide) groups is 1. The molecule has 2 aromatic rings. The van der Waals surface area contributed by atoms with Crippen molar-refractivity contribution in [2.75, 3.05) is 18.1 Å². The van der Waals surface area contributed by atoms with Gasteiger partial charge in [-0.1, -0.05) is 23.9 Å². The van der Waals surface area contributed by atoms with Crippen molar-refractivity contribution in [2.24, 2.45) is 0 Å². The standard InChI is InChI=1S/C22H27N2OS/c1-4-23-20-9-5-6-10-21(20)26-22(23)14-18-12-16(2)24(17(3)13-18)15-19-8-7-11-25-19/h5-6,9-10,12-14,19H,4,7-8,11,15H2,1-3H3/q+1/t19-/m0/s1. The maximum absolute atomic E-state index is 5.83. The third-order valence-corrected chi connectivity index (χ3v) is 6.37. The van der Waals surface area contributed by atoms with Crippen LogP contribution in [-0.4, -0.2) is 19.3 Å². The number of benzene rings is 1. The van der Waals surface area contributed by atoms with Gasteiger partial charge in [0.25, 0.3) is 0 Å². The largest absolute Gasteiger partial charge is 0.372 e. The summed E-state index contributed by atoms with van der Waals surface area (Å²) in [5.41, 5.74) is 5.20. The van der Waals surface area contributed by atoms with Gasteiger partial charge in [-0.25, -0.2) is 0 Å². The first-order chi connectivity index (χ1) is 12.7. The predicted molar refractivity (Wildman–Crippen MR) is 108 cm³/mol. The molecule has 0 spiro atoms. The SMILES string of the molecule is CCN1C(=Cc2cc(C)[n+](C[C@@H]3CCCO3)c(C)c2)Sc2ccccc21. The van der Waals surface area contributed by atoms with Crippen LogP contribution in [0.1, 0.15) is 36.7 Å². The van der Waals surface area contributed by atoms with Crippen molar-refractivity contribution < 1.29 is 9.30 Å². The fourth-order valence-electron chi connectivity index (χ4n) is 3.95. The molecule has 2 aliphatic rings. The molecule has 136 valence electrons. The van der Waals surface area contributed by atoms with Crippen molar-refractivity contribution >= 4 is 23.5 Å². The second-order valence-corrected chi connectivity index (χ2v) is 8.18. The van der Waals surface area contributed by atoms with Gasteiger partial charge >= 0.3 is 0 Å². The molecule has 1 aromatic carbocycles. The van der Waals surface area contributed by atoms with Crippen LogP contribution < -0.4 is 9.47 Å². The molecule has 1 fully saturated rings. The Hall–Kier alpha value is -1.78. The maximum Gasteiger partial charge on any atom is 0.179 e. The first-order valence-corrected chi connectivity index (χ1v) is 10.4. The summed E-state index contributed by atoms with van der Waals surface area (Å²) in [6.07, 6.45) is 5.07. The van der Waals surface area contributed by atoms with Crippen LogP contribution in [0.2, 0.25) is 0 Å². The monoisotopic (exact) mass is 367 g/mol. The van der Waals surface area contributed by atoms with Crippen LogP contribution in [0.4, 0.5) is 5.69 Å². The average molecular weight is 368 g/mol. The summed E-state index contributed by atoms with van der Waals surface area (Å²) in [5.74, 6) is 0. The molecule has 4 rings (SSSR count). The first-order valence-electron chi connectivity index (χ1n) is 9.54. The summed E-state index contributed by atoms with van der Waals surface area (Å²) in [5, 5.41) is 1.31. The van der Waals surface area contributed by atoms with E-state index in [9.17, 15) is 0 Å². The Labute approximate surface area is 160 Å². The van der Waals surface area contributed by atoms with Gasteiger partial charge in [-0.15, -0.1) is 0 Å². The van der Waals surface area contributed by atoms with Crippen molar-refractivity contribution in [3.05, 3.63) is 58.4 Å². The van der Waals surface area contributed by atoms with E-state index in [0.29, 0.717) is 6.10 Å². The lowest BCUT2D eigenvalue weighted by Gasteiger charge is -2.18. The van der Waals surface area contributed by atoms with E-state index in [1.54, 1.807) is 0 Å². The first kappa shape index (κ1) is 17.6. The average Bonchev–Trinajstić information content (AvgIpc) is 3.25. The fourth-order valence-corrected chi connectivity index (χ4v) is 5.14. The van der Waals surface area contributed by atoms with E-state index in [0.717, 1.165) is 19.7 Å². The molecule has 1 saturated heterocycles. The van der Waals surface area contributed by atoms with Gasteiger partial charge in [0.2, 0.25) is 0 Å². The van der Waals surface area contributed by atoms with Crippen LogP contribution >= 0.6 is 11.8 Å². The van der Waals surface area contributed by atoms with Gasteiger partial charge in [-0.3, -0.25) is 0 Å². The lowest BCUT2D eigenvalue weighted by atomic mass is 10.1. The molecule has 0 amide bonds. The molecule has 0 bridgehead atoms. The Morgan fingerprint density at radius 1 is 1.23 bits per heavy atom. The number of rotatable bonds is 4. The molecule has 2 aliphatic heterocycles. The van der Waals surface area contributed by atoms with E-state index in [-0.39, 0.29) is 0 Å². The number of ether oxygens (including phenoxy) is 1. The number of nitrogens with zero attached hydrogens (tertiary/aromatic N) is 2. The van der Waals surface area contributed by atoms with Crippen molar-refractivity contribution in [3.63, 3.8) is 0 Å². The second-order valence-electron chi connectivity index (χ2n) is 7.11. The zero-order valence-electron chi connectivity index (χ0n) is 15.9. The van der Waals surface area contributed by atoms with Crippen LogP contribution in [0.15, 0.2) is 46.3 Å². The number of pyridine rings is 1. The molecule has 0 N–H and O–H groups in total. The Morgan fingerprint density at radius 2 is 2.00 bits per heavy atom. The quantitative estimate of drug-likeness (QED) is 0.729. The zero-order valence-corrected chi connectivity index (χ0v) is 16.7. The van der Waals surface area contributed by atoms with E-state index < -0.39 is 0 Å². The number of hydrogen-bond acceptors (Lipinski definition) is 3. The summed E-state index contributed by atoms with van der Waals surface area (Å²) in [6.45, 7) is 9.50. The summed E-state index contributed by atoms with van der Waals surface area (Å²) >= 11 is 1.87. The molecule has 0 radical (unpaired) electrons. The van der Waals surface area contributed by atoms with Gasteiger partial charge in [0.15, 0.2) is 17.9 Å². The Bertz CT molecular complexity index is 817. The third-order valence-electron chi connectivity index (χ3n) is 5.26. The van der Waals surface area contributed by atoms with Crippen molar-refractivity contribution in [1.29, 1.82) is 0 Å². The molecule has 26 heavy (non-hydrogen) atoms. The van der Waals surface area contributed by atoms with Gasteiger partial charge < -0.3 is 9.64 Å². The second kappa shape index (κ2) is 7.45. The van der Waals surface area contributed by atoms with Crippen LogP contribution in [-0.2, 0) is 11.3 Å². The lowest BCUT2D eigenvalue weighted by molar-refractivity contribution is -0.714. The summed E-state index contributed by atoms with van der Waals surface area (Å²) in [7, 11) is 0. The van der Waals surface area contributed by atoms with Crippen molar-refractivity contribution in [1.82, 2.24) is 0 Å². The van der Waals surface area contributed by atoms with Gasteiger partial charge in [0, 0.05) is 44.0 Å². The van der Waals surface area contributed by atoms with Crippen molar-refractivity contribution in [2.45, 2.75) is 51.2 Å². The van der Waals surface area contributed by atoms with Crippen LogP contribution in [0.5, 0.6) is 0 Å². The van der Waals surface area contributed by atoms with Gasteiger partial charge in [0.05, 0.1) is 10.7 Å². The van der Waals surface area contributed by atoms with Crippen molar-refractivity contribution in [3.8, 4) is 0 Å². The Balaban J connectivity index is 1.61. The highest BCUT2D eigenvalue weighted by atomic mass is 32.2. The highest BCUT2D eigenvalue weighted by molar-refractivity contribution is 8.03. The van der Waals surface area contributed by atoms with Crippen LogP contribution in [0, 0.1) is 13.8 Å². The number of fused-ring (bicyclic) bond motifs is 1. The Kier molecular flexibility index (Phi) is 5.05. The third kappa shape index (κ3) is 3.40. The number of para-hydroxylation sites is 1. The smallest absolute Gasteiger partial charge is 0.179 e. The fraction of sp³-hybridized carbons (Fsp3) is 0.409. The zero-order chi connectivity index (χ0) is 18.1. The summed E-state index contributed by atoms with van der Waals surface area (Å²) in [6, 6.07) is 13.3. The number of aryl methyl sites for hydroxylation is 2. The summed E-state index contributed by atoms with van der Waals surface area (Å²) in [4.78, 5) is 3.75. The Morgan fingerprint density at radius 3 is 2.69 bits per heavy atom. The molecule has 4 heteroatoms. The topological polar surface area (TPSA) is 16.4 Å². The molecule has 1 aromatic heterocycles. The molecule has 0 aliphatic carbocycles. The maximum atomic E-state index is 5.83. The van der Waals surface area contributed by atoms with Gasteiger partial charge in [-0.05, 0) is 43.5 Å². The lowest BCUT2D eigenvalue weighted by Crippen LogP contribution is -2.45.